The first-order chi connectivity index (χ1) is 8.21. The molecule has 0 aromatic heterocycles. The Morgan fingerprint density at radius 2 is 1.94 bits per heavy atom. The van der Waals surface area contributed by atoms with E-state index in [9.17, 15) is 9.59 Å². The van der Waals surface area contributed by atoms with Crippen molar-refractivity contribution in [3.05, 3.63) is 25.3 Å². The van der Waals surface area contributed by atoms with Gasteiger partial charge in [-0.2, -0.15) is 0 Å². The fraction of sp³-hybridized carbons (Fsp3) is 0.538. The Kier molecular flexibility index (Phi) is 6.16. The van der Waals surface area contributed by atoms with E-state index >= 15 is 0 Å². The lowest BCUT2D eigenvalue weighted by atomic mass is 10.2. The van der Waals surface area contributed by atoms with Crippen molar-refractivity contribution in [3.8, 4) is 0 Å². The van der Waals surface area contributed by atoms with Crippen molar-refractivity contribution in [2.45, 2.75) is 32.4 Å². The van der Waals surface area contributed by atoms with Crippen molar-refractivity contribution < 1.29 is 14.3 Å². The molecule has 0 bridgehead atoms. The van der Waals surface area contributed by atoms with Gasteiger partial charge in [-0.3, -0.25) is 4.79 Å². The number of carbonyl (C=O) groups excluding carboxylic acids is 2. The van der Waals surface area contributed by atoms with Crippen LogP contribution in [-0.4, -0.2) is 42.1 Å². The summed E-state index contributed by atoms with van der Waals surface area (Å²) in [5.41, 5.74) is -0.605. The smallest absolute Gasteiger partial charge is 0.408 e. The molecule has 1 unspecified atom stereocenters. The minimum atomic E-state index is -0.801. The van der Waals surface area contributed by atoms with Crippen molar-refractivity contribution in [2.75, 3.05) is 13.6 Å². The second kappa shape index (κ2) is 6.83. The van der Waals surface area contributed by atoms with Gasteiger partial charge in [-0.1, -0.05) is 12.2 Å². The number of ether oxygens (including phenoxy) is 1. The molecule has 0 rings (SSSR count). The van der Waals surface area contributed by atoms with Crippen LogP contribution in [0.2, 0.25) is 0 Å². The van der Waals surface area contributed by atoms with Gasteiger partial charge in [0.15, 0.2) is 0 Å². The largest absolute Gasteiger partial charge is 0.444 e. The summed E-state index contributed by atoms with van der Waals surface area (Å²) in [6.45, 7) is 12.7. The van der Waals surface area contributed by atoms with Crippen molar-refractivity contribution >= 4 is 12.0 Å². The second-order valence-electron chi connectivity index (χ2n) is 4.87. The van der Waals surface area contributed by atoms with Gasteiger partial charge in [-0.05, 0) is 20.8 Å². The maximum absolute atomic E-state index is 11.9. The second-order valence-corrected chi connectivity index (χ2v) is 4.87. The molecular weight excluding hydrogens is 232 g/mol. The Morgan fingerprint density at radius 3 is 2.33 bits per heavy atom. The van der Waals surface area contributed by atoms with Crippen molar-refractivity contribution in [1.29, 1.82) is 0 Å². The van der Waals surface area contributed by atoms with Gasteiger partial charge >= 0.3 is 6.09 Å². The maximum atomic E-state index is 11.9. The monoisotopic (exact) mass is 254 g/mol. The van der Waals surface area contributed by atoms with E-state index in [1.165, 1.54) is 11.0 Å². The summed E-state index contributed by atoms with van der Waals surface area (Å²) in [6.07, 6.45) is 2.32. The summed E-state index contributed by atoms with van der Waals surface area (Å²) in [6, 6.07) is -0.801. The number of rotatable bonds is 5. The Balaban J connectivity index is 4.52. The fourth-order valence-electron chi connectivity index (χ4n) is 1.18. The third kappa shape index (κ3) is 6.08. The Morgan fingerprint density at radius 1 is 1.39 bits per heavy atom. The van der Waals surface area contributed by atoms with Crippen LogP contribution in [0.3, 0.4) is 0 Å². The van der Waals surface area contributed by atoms with Crippen LogP contribution in [0.25, 0.3) is 0 Å². The Labute approximate surface area is 108 Å². The minimum Gasteiger partial charge on any atom is -0.444 e. The van der Waals surface area contributed by atoms with Crippen LogP contribution >= 0.6 is 0 Å². The maximum Gasteiger partial charge on any atom is 0.408 e. The molecule has 0 aromatic rings. The predicted molar refractivity (Wildman–Crippen MR) is 71.2 cm³/mol. The molecule has 0 heterocycles. The normalized spacial score (nSPS) is 12.2. The highest BCUT2D eigenvalue weighted by molar-refractivity contribution is 5.87. The molecule has 1 atom stereocenters. The van der Waals surface area contributed by atoms with Crippen LogP contribution in [0, 0.1) is 0 Å². The van der Waals surface area contributed by atoms with E-state index in [0.717, 1.165) is 0 Å². The molecule has 102 valence electrons. The molecule has 2 amide bonds. The zero-order chi connectivity index (χ0) is 14.3. The summed E-state index contributed by atoms with van der Waals surface area (Å²) in [7, 11) is 1.62. The number of amides is 2. The summed E-state index contributed by atoms with van der Waals surface area (Å²) < 4.78 is 5.07. The minimum absolute atomic E-state index is 0.268. The van der Waals surface area contributed by atoms with Gasteiger partial charge < -0.3 is 15.0 Å². The van der Waals surface area contributed by atoms with Crippen LogP contribution in [0.1, 0.15) is 20.8 Å². The van der Waals surface area contributed by atoms with Gasteiger partial charge in [0.1, 0.15) is 11.6 Å². The SMILES string of the molecule is C=CCN(C)C(=O)C(C=C)NC(=O)OC(C)(C)C. The quantitative estimate of drug-likeness (QED) is 0.760. The lowest BCUT2D eigenvalue weighted by molar-refractivity contribution is -0.130. The van der Waals surface area contributed by atoms with E-state index in [1.807, 2.05) is 0 Å². The van der Waals surface area contributed by atoms with E-state index < -0.39 is 17.7 Å². The highest BCUT2D eigenvalue weighted by atomic mass is 16.6. The molecule has 0 aliphatic heterocycles. The zero-order valence-electron chi connectivity index (χ0n) is 11.5. The molecule has 5 heteroatoms. The first kappa shape index (κ1) is 16.2. The first-order valence-corrected chi connectivity index (χ1v) is 5.69. The van der Waals surface area contributed by atoms with Crippen LogP contribution < -0.4 is 5.32 Å². The van der Waals surface area contributed by atoms with Crippen LogP contribution in [0.5, 0.6) is 0 Å². The number of nitrogens with zero attached hydrogens (tertiary/aromatic N) is 1. The number of likely N-dealkylation sites (N-methyl/N-ethyl adjacent to an activating group) is 1. The Hall–Kier alpha value is -1.78. The molecule has 0 aliphatic carbocycles. The van der Waals surface area contributed by atoms with Gasteiger partial charge in [-0.25, -0.2) is 4.79 Å². The molecule has 0 saturated heterocycles. The van der Waals surface area contributed by atoms with Gasteiger partial charge in [0.05, 0.1) is 0 Å². The summed E-state index contributed by atoms with van der Waals surface area (Å²) in [4.78, 5) is 24.9. The summed E-state index contributed by atoms with van der Waals surface area (Å²) in [5, 5.41) is 2.46. The summed E-state index contributed by atoms with van der Waals surface area (Å²) >= 11 is 0. The number of alkyl carbamates (subject to hydrolysis) is 1. The number of nitrogens with one attached hydrogen (secondary N) is 1. The number of hydrogen-bond donors (Lipinski definition) is 1. The van der Waals surface area contributed by atoms with Gasteiger partial charge in [0.25, 0.3) is 0 Å². The topological polar surface area (TPSA) is 58.6 Å². The molecule has 18 heavy (non-hydrogen) atoms. The van der Waals surface area contributed by atoms with E-state index in [1.54, 1.807) is 33.9 Å². The van der Waals surface area contributed by atoms with Gasteiger partial charge in [-0.15, -0.1) is 13.2 Å². The molecule has 0 spiro atoms. The molecule has 0 saturated carbocycles. The van der Waals surface area contributed by atoms with E-state index in [0.29, 0.717) is 6.54 Å². The molecule has 0 aliphatic rings. The number of hydrogen-bond acceptors (Lipinski definition) is 3. The van der Waals surface area contributed by atoms with Crippen molar-refractivity contribution in [1.82, 2.24) is 10.2 Å². The van der Waals surface area contributed by atoms with Crippen LogP contribution in [-0.2, 0) is 9.53 Å². The van der Waals surface area contributed by atoms with E-state index in [-0.39, 0.29) is 5.91 Å². The third-order valence-electron chi connectivity index (χ3n) is 1.95. The fourth-order valence-corrected chi connectivity index (χ4v) is 1.18. The molecule has 0 fully saturated rings. The average molecular weight is 254 g/mol. The highest BCUT2D eigenvalue weighted by Gasteiger charge is 2.23. The van der Waals surface area contributed by atoms with Gasteiger partial charge in [0.2, 0.25) is 5.91 Å². The molecular formula is C13H22N2O3. The molecule has 1 N–H and O–H groups in total. The number of carbonyl (C=O) groups is 2. The third-order valence-corrected chi connectivity index (χ3v) is 1.95. The average Bonchev–Trinajstić information content (AvgIpc) is 2.22. The molecule has 0 aromatic carbocycles. The standard InChI is InChI=1S/C13H22N2O3/c1-7-9-15(6)11(16)10(8-2)14-12(17)18-13(3,4)5/h7-8,10H,1-2,9H2,3-6H3,(H,14,17). The predicted octanol–water partition coefficient (Wildman–Crippen LogP) is 1.71. The first-order valence-electron chi connectivity index (χ1n) is 5.69. The van der Waals surface area contributed by atoms with Crippen molar-refractivity contribution in [3.63, 3.8) is 0 Å². The van der Waals surface area contributed by atoms with Crippen LogP contribution in [0.4, 0.5) is 4.79 Å². The van der Waals surface area contributed by atoms with E-state index in [4.69, 9.17) is 4.74 Å². The Bertz CT molecular complexity index is 332. The lowest BCUT2D eigenvalue weighted by Crippen LogP contribution is -2.47. The zero-order valence-corrected chi connectivity index (χ0v) is 11.5. The molecule has 5 nitrogen and oxygen atoms in total. The molecule has 0 radical (unpaired) electrons. The highest BCUT2D eigenvalue weighted by Crippen LogP contribution is 2.07. The van der Waals surface area contributed by atoms with E-state index in [2.05, 4.69) is 18.5 Å². The lowest BCUT2D eigenvalue weighted by Gasteiger charge is -2.24. The van der Waals surface area contributed by atoms with Crippen LogP contribution in [0.15, 0.2) is 25.3 Å². The van der Waals surface area contributed by atoms with Crippen molar-refractivity contribution in [2.24, 2.45) is 0 Å². The van der Waals surface area contributed by atoms with Gasteiger partial charge in [0, 0.05) is 13.6 Å². The summed E-state index contributed by atoms with van der Waals surface area (Å²) in [5.74, 6) is -0.268.